The summed E-state index contributed by atoms with van der Waals surface area (Å²) in [6.45, 7) is 3.00. The van der Waals surface area contributed by atoms with Crippen LogP contribution in [0.4, 0.5) is 0 Å². The fourth-order valence-corrected chi connectivity index (χ4v) is 2.73. The number of benzene rings is 1. The number of guanidine groups is 1. The molecule has 3 N–H and O–H groups in total. The van der Waals surface area contributed by atoms with Crippen molar-refractivity contribution in [1.82, 2.24) is 4.90 Å². The number of Topliss-reactive ketones (excluding diaryl/α,β-unsaturated/α-hetero) is 1. The van der Waals surface area contributed by atoms with Crippen LogP contribution in [0.1, 0.15) is 25.3 Å². The highest BCUT2D eigenvalue weighted by Gasteiger charge is 2.40. The highest BCUT2D eigenvalue weighted by atomic mass is 16.1. The number of hydrogen-bond donors (Lipinski definition) is 2. The van der Waals surface area contributed by atoms with Crippen LogP contribution in [0.15, 0.2) is 30.3 Å². The van der Waals surface area contributed by atoms with Crippen molar-refractivity contribution in [3.63, 3.8) is 0 Å². The van der Waals surface area contributed by atoms with Crippen LogP contribution < -0.4 is 5.73 Å². The molecule has 1 fully saturated rings. The van der Waals surface area contributed by atoms with E-state index in [4.69, 9.17) is 11.1 Å². The zero-order valence-corrected chi connectivity index (χ0v) is 10.6. The van der Waals surface area contributed by atoms with Gasteiger partial charge in [-0.3, -0.25) is 10.2 Å². The Morgan fingerprint density at radius 3 is 2.28 bits per heavy atom. The first kappa shape index (κ1) is 12.6. The second kappa shape index (κ2) is 4.80. The Bertz CT molecular complexity index is 447. The lowest BCUT2D eigenvalue weighted by atomic mass is 9.70. The third kappa shape index (κ3) is 2.10. The van der Waals surface area contributed by atoms with Crippen molar-refractivity contribution in [3.8, 4) is 0 Å². The van der Waals surface area contributed by atoms with Crippen molar-refractivity contribution in [2.45, 2.75) is 25.2 Å². The van der Waals surface area contributed by atoms with Gasteiger partial charge < -0.3 is 10.6 Å². The van der Waals surface area contributed by atoms with Crippen molar-refractivity contribution in [3.05, 3.63) is 35.9 Å². The molecule has 4 nitrogen and oxygen atoms in total. The molecule has 96 valence electrons. The molecule has 0 atom stereocenters. The largest absolute Gasteiger partial charge is 0.370 e. The fraction of sp³-hybridized carbons (Fsp3) is 0.429. The summed E-state index contributed by atoms with van der Waals surface area (Å²) in [6, 6.07) is 9.94. The molecule has 0 unspecified atom stereocenters. The monoisotopic (exact) mass is 245 g/mol. The molecule has 0 aliphatic carbocycles. The Morgan fingerprint density at radius 2 is 1.83 bits per heavy atom. The van der Waals surface area contributed by atoms with Crippen LogP contribution in [-0.4, -0.2) is 29.7 Å². The first-order valence-corrected chi connectivity index (χ1v) is 6.22. The van der Waals surface area contributed by atoms with Gasteiger partial charge in [-0.05, 0) is 25.3 Å². The van der Waals surface area contributed by atoms with E-state index in [1.165, 1.54) is 0 Å². The number of piperidine rings is 1. The molecule has 0 saturated carbocycles. The molecule has 2 rings (SSSR count). The average molecular weight is 245 g/mol. The van der Waals surface area contributed by atoms with E-state index >= 15 is 0 Å². The fourth-order valence-electron chi connectivity index (χ4n) is 2.73. The smallest absolute Gasteiger partial charge is 0.188 e. The minimum Gasteiger partial charge on any atom is -0.370 e. The molecular formula is C14H19N3O. The molecule has 1 aromatic rings. The molecule has 0 bridgehead atoms. The van der Waals surface area contributed by atoms with E-state index in [-0.39, 0.29) is 11.7 Å². The van der Waals surface area contributed by atoms with Crippen molar-refractivity contribution in [2.24, 2.45) is 5.73 Å². The summed E-state index contributed by atoms with van der Waals surface area (Å²) in [5.41, 5.74) is 6.18. The molecule has 1 heterocycles. The minimum absolute atomic E-state index is 0.0974. The Kier molecular flexibility index (Phi) is 3.36. The summed E-state index contributed by atoms with van der Waals surface area (Å²) in [4.78, 5) is 13.9. The number of ketones is 1. The predicted molar refractivity (Wildman–Crippen MR) is 71.5 cm³/mol. The summed E-state index contributed by atoms with van der Waals surface area (Å²) in [6.07, 6.45) is 1.46. The number of nitrogens with one attached hydrogen (secondary N) is 1. The zero-order valence-electron chi connectivity index (χ0n) is 10.6. The van der Waals surface area contributed by atoms with Gasteiger partial charge in [-0.2, -0.15) is 0 Å². The lowest BCUT2D eigenvalue weighted by molar-refractivity contribution is -0.123. The Labute approximate surface area is 107 Å². The predicted octanol–water partition coefficient (Wildman–Crippen LogP) is 1.50. The number of likely N-dealkylation sites (tertiary alicyclic amines) is 1. The summed E-state index contributed by atoms with van der Waals surface area (Å²) in [7, 11) is 0. The van der Waals surface area contributed by atoms with Crippen LogP contribution in [0.25, 0.3) is 0 Å². The highest BCUT2D eigenvalue weighted by Crippen LogP contribution is 2.36. The van der Waals surface area contributed by atoms with Crippen LogP contribution in [0.5, 0.6) is 0 Å². The standard InChI is InChI=1S/C14H19N3O/c1-11(18)14(12-5-3-2-4-6-12)7-9-17(10-8-14)13(15)16/h2-6H,7-10H2,1H3,(H3,15,16). The van der Waals surface area contributed by atoms with E-state index in [1.807, 2.05) is 35.2 Å². The number of carbonyl (C=O) groups excluding carboxylic acids is 1. The summed E-state index contributed by atoms with van der Waals surface area (Å²) < 4.78 is 0. The molecule has 0 radical (unpaired) electrons. The van der Waals surface area contributed by atoms with Crippen molar-refractivity contribution in [1.29, 1.82) is 5.41 Å². The Balaban J connectivity index is 2.27. The highest BCUT2D eigenvalue weighted by molar-refractivity contribution is 5.88. The normalized spacial score (nSPS) is 18.4. The Hall–Kier alpha value is -1.84. The second-order valence-corrected chi connectivity index (χ2v) is 4.88. The number of nitrogens with zero attached hydrogens (tertiary/aromatic N) is 1. The second-order valence-electron chi connectivity index (χ2n) is 4.88. The van der Waals surface area contributed by atoms with Gasteiger partial charge in [-0.1, -0.05) is 30.3 Å². The molecule has 0 amide bonds. The average Bonchev–Trinajstić information content (AvgIpc) is 2.39. The molecule has 4 heteroatoms. The van der Waals surface area contributed by atoms with Gasteiger partial charge in [0, 0.05) is 13.1 Å². The van der Waals surface area contributed by atoms with Crippen molar-refractivity contribution in [2.75, 3.05) is 13.1 Å². The first-order chi connectivity index (χ1) is 8.56. The third-order valence-corrected chi connectivity index (χ3v) is 3.96. The van der Waals surface area contributed by atoms with Crippen molar-refractivity contribution < 1.29 is 4.79 Å². The molecule has 18 heavy (non-hydrogen) atoms. The Morgan fingerprint density at radius 1 is 1.28 bits per heavy atom. The summed E-state index contributed by atoms with van der Waals surface area (Å²) in [5.74, 6) is 0.303. The van der Waals surface area contributed by atoms with E-state index in [1.54, 1.807) is 6.92 Å². The lowest BCUT2D eigenvalue weighted by Gasteiger charge is -2.40. The SMILES string of the molecule is CC(=O)C1(c2ccccc2)CCN(C(=N)N)CC1. The summed E-state index contributed by atoms with van der Waals surface area (Å²) >= 11 is 0. The minimum atomic E-state index is -0.396. The summed E-state index contributed by atoms with van der Waals surface area (Å²) in [5, 5.41) is 7.45. The maximum atomic E-state index is 12.1. The zero-order chi connectivity index (χ0) is 13.2. The third-order valence-electron chi connectivity index (χ3n) is 3.96. The molecule has 0 aromatic heterocycles. The van der Waals surface area contributed by atoms with E-state index in [0.29, 0.717) is 13.1 Å². The van der Waals surface area contributed by atoms with E-state index in [2.05, 4.69) is 0 Å². The quantitative estimate of drug-likeness (QED) is 0.613. The van der Waals surface area contributed by atoms with Crippen LogP contribution in [0.2, 0.25) is 0 Å². The maximum Gasteiger partial charge on any atom is 0.188 e. The number of nitrogens with two attached hydrogens (primary N) is 1. The molecule has 0 spiro atoms. The molecule has 1 aliphatic heterocycles. The molecule has 1 aliphatic rings. The van der Waals surface area contributed by atoms with Gasteiger partial charge in [0.2, 0.25) is 0 Å². The van der Waals surface area contributed by atoms with Gasteiger partial charge in [0.15, 0.2) is 5.96 Å². The van der Waals surface area contributed by atoms with E-state index in [9.17, 15) is 4.79 Å². The van der Waals surface area contributed by atoms with Crippen LogP contribution in [-0.2, 0) is 10.2 Å². The van der Waals surface area contributed by atoms with Crippen LogP contribution in [0, 0.1) is 5.41 Å². The van der Waals surface area contributed by atoms with Gasteiger partial charge in [0.1, 0.15) is 5.78 Å². The number of rotatable bonds is 2. The topological polar surface area (TPSA) is 70.2 Å². The molecule has 1 aromatic carbocycles. The van der Waals surface area contributed by atoms with Gasteiger partial charge in [0.25, 0.3) is 0 Å². The van der Waals surface area contributed by atoms with Gasteiger partial charge >= 0.3 is 0 Å². The number of carbonyl (C=O) groups is 1. The van der Waals surface area contributed by atoms with Gasteiger partial charge in [-0.15, -0.1) is 0 Å². The molecule has 1 saturated heterocycles. The molecular weight excluding hydrogens is 226 g/mol. The lowest BCUT2D eigenvalue weighted by Crippen LogP contribution is -2.50. The van der Waals surface area contributed by atoms with Gasteiger partial charge in [0.05, 0.1) is 5.41 Å². The van der Waals surface area contributed by atoms with Gasteiger partial charge in [-0.25, -0.2) is 0 Å². The van der Waals surface area contributed by atoms with E-state index in [0.717, 1.165) is 18.4 Å². The van der Waals surface area contributed by atoms with E-state index < -0.39 is 5.41 Å². The van der Waals surface area contributed by atoms with Crippen LogP contribution >= 0.6 is 0 Å². The maximum absolute atomic E-state index is 12.1. The van der Waals surface area contributed by atoms with Crippen molar-refractivity contribution >= 4 is 11.7 Å². The number of hydrogen-bond acceptors (Lipinski definition) is 2. The first-order valence-electron chi connectivity index (χ1n) is 6.22. The van der Waals surface area contributed by atoms with Crippen LogP contribution in [0.3, 0.4) is 0 Å².